The van der Waals surface area contributed by atoms with Gasteiger partial charge >= 0.3 is 0 Å². The normalized spacial score (nSPS) is 19.5. The van der Waals surface area contributed by atoms with Crippen LogP contribution >= 0.6 is 0 Å². The van der Waals surface area contributed by atoms with Gasteiger partial charge in [-0.1, -0.05) is 19.1 Å². The second kappa shape index (κ2) is 6.18. The first-order valence-electron chi connectivity index (χ1n) is 7.42. The quantitative estimate of drug-likeness (QED) is 0.909. The Balaban J connectivity index is 1.53. The highest BCUT2D eigenvalue weighted by atomic mass is 19.1. The van der Waals surface area contributed by atoms with Crippen LogP contribution < -0.4 is 10.1 Å². The lowest BCUT2D eigenvalue weighted by atomic mass is 10.2. The summed E-state index contributed by atoms with van der Waals surface area (Å²) in [6, 6.07) is 13.4. The zero-order valence-electron chi connectivity index (χ0n) is 12.4. The third-order valence-corrected chi connectivity index (χ3v) is 3.89. The average Bonchev–Trinajstić information content (AvgIpc) is 3.26. The van der Waals surface area contributed by atoms with E-state index in [1.54, 1.807) is 12.1 Å². The van der Waals surface area contributed by atoms with Crippen LogP contribution in [0.2, 0.25) is 0 Å². The molecule has 2 unspecified atom stereocenters. The summed E-state index contributed by atoms with van der Waals surface area (Å²) < 4.78 is 18.4. The highest BCUT2D eigenvalue weighted by Crippen LogP contribution is 2.37. The molecule has 3 nitrogen and oxygen atoms in total. The van der Waals surface area contributed by atoms with Crippen molar-refractivity contribution in [3.05, 3.63) is 59.9 Å². The van der Waals surface area contributed by atoms with Crippen LogP contribution in [0.3, 0.4) is 0 Å². The van der Waals surface area contributed by atoms with E-state index < -0.39 is 0 Å². The average molecular weight is 299 g/mol. The maximum absolute atomic E-state index is 12.8. The number of benzene rings is 2. The number of halogens is 1. The van der Waals surface area contributed by atoms with E-state index in [1.165, 1.54) is 12.1 Å². The van der Waals surface area contributed by atoms with E-state index in [0.717, 1.165) is 12.0 Å². The van der Waals surface area contributed by atoms with Crippen LogP contribution in [0, 0.1) is 17.7 Å². The highest BCUT2D eigenvalue weighted by molar-refractivity contribution is 5.81. The highest BCUT2D eigenvalue weighted by Gasteiger charge is 2.38. The Kier molecular flexibility index (Phi) is 4.09. The van der Waals surface area contributed by atoms with Crippen LogP contribution in [0.4, 0.5) is 4.39 Å². The van der Waals surface area contributed by atoms with Crippen LogP contribution in [-0.2, 0) is 11.3 Å². The molecule has 1 N–H and O–H groups in total. The number of rotatable bonds is 5. The largest absolute Gasteiger partial charge is 0.457 e. The van der Waals surface area contributed by atoms with E-state index in [1.807, 2.05) is 24.3 Å². The van der Waals surface area contributed by atoms with Crippen molar-refractivity contribution in [2.24, 2.45) is 11.8 Å². The molecule has 0 aromatic heterocycles. The fraction of sp³-hybridized carbons (Fsp3) is 0.278. The van der Waals surface area contributed by atoms with Gasteiger partial charge in [-0.15, -0.1) is 0 Å². The van der Waals surface area contributed by atoms with Gasteiger partial charge in [-0.3, -0.25) is 4.79 Å². The van der Waals surface area contributed by atoms with E-state index in [4.69, 9.17) is 4.74 Å². The molecule has 3 rings (SSSR count). The third-order valence-electron chi connectivity index (χ3n) is 3.89. The first-order chi connectivity index (χ1) is 10.6. The lowest BCUT2D eigenvalue weighted by Gasteiger charge is -2.08. The summed E-state index contributed by atoms with van der Waals surface area (Å²) in [6.45, 7) is 2.62. The fourth-order valence-corrected chi connectivity index (χ4v) is 2.32. The number of amides is 1. The molecule has 4 heteroatoms. The second-order valence-electron chi connectivity index (χ2n) is 5.74. The summed E-state index contributed by atoms with van der Waals surface area (Å²) in [5.41, 5.74) is 1.02. The summed E-state index contributed by atoms with van der Waals surface area (Å²) >= 11 is 0. The Bertz CT molecular complexity index is 652. The molecule has 1 fully saturated rings. The van der Waals surface area contributed by atoms with Gasteiger partial charge in [0.15, 0.2) is 0 Å². The summed E-state index contributed by atoms with van der Waals surface area (Å²) in [5, 5.41) is 2.95. The van der Waals surface area contributed by atoms with Gasteiger partial charge in [0, 0.05) is 12.5 Å². The molecule has 0 aliphatic heterocycles. The SMILES string of the molecule is CC1CC1C(=O)NCc1ccc(Oc2ccc(F)cc2)cc1. The Morgan fingerprint density at radius 2 is 1.68 bits per heavy atom. The summed E-state index contributed by atoms with van der Waals surface area (Å²) in [5.74, 6) is 1.83. The fourth-order valence-electron chi connectivity index (χ4n) is 2.32. The minimum atomic E-state index is -0.288. The van der Waals surface area contributed by atoms with Gasteiger partial charge in [-0.2, -0.15) is 0 Å². The molecule has 2 aromatic rings. The van der Waals surface area contributed by atoms with Crippen molar-refractivity contribution in [2.75, 3.05) is 0 Å². The number of carbonyl (C=O) groups is 1. The second-order valence-corrected chi connectivity index (χ2v) is 5.74. The Hall–Kier alpha value is -2.36. The molecule has 22 heavy (non-hydrogen) atoms. The third kappa shape index (κ3) is 3.64. The van der Waals surface area contributed by atoms with Gasteiger partial charge in [0.2, 0.25) is 5.91 Å². The first-order valence-corrected chi connectivity index (χ1v) is 7.42. The lowest BCUT2D eigenvalue weighted by molar-refractivity contribution is -0.122. The predicted molar refractivity (Wildman–Crippen MR) is 82.0 cm³/mol. The van der Waals surface area contributed by atoms with Crippen LogP contribution in [0.1, 0.15) is 18.9 Å². The number of hydrogen-bond donors (Lipinski definition) is 1. The summed E-state index contributed by atoms with van der Waals surface area (Å²) in [6.07, 6.45) is 0.996. The van der Waals surface area contributed by atoms with E-state index >= 15 is 0 Å². The molecule has 0 heterocycles. The molecule has 1 aliphatic rings. The first kappa shape index (κ1) is 14.6. The zero-order valence-corrected chi connectivity index (χ0v) is 12.4. The molecule has 0 saturated heterocycles. The van der Waals surface area contributed by atoms with Crippen molar-refractivity contribution in [1.29, 1.82) is 0 Å². The molecule has 2 atom stereocenters. The molecular formula is C18H18FNO2. The van der Waals surface area contributed by atoms with Crippen molar-refractivity contribution in [1.82, 2.24) is 5.32 Å². The van der Waals surface area contributed by atoms with Crippen LogP contribution in [-0.4, -0.2) is 5.91 Å². The molecule has 0 radical (unpaired) electrons. The van der Waals surface area contributed by atoms with E-state index in [2.05, 4.69) is 12.2 Å². The lowest BCUT2D eigenvalue weighted by Crippen LogP contribution is -2.24. The van der Waals surface area contributed by atoms with E-state index in [0.29, 0.717) is 24.0 Å². The maximum atomic E-state index is 12.8. The van der Waals surface area contributed by atoms with Gasteiger partial charge < -0.3 is 10.1 Å². The predicted octanol–water partition coefficient (Wildman–Crippen LogP) is 3.89. The molecule has 0 spiro atoms. The molecule has 2 aromatic carbocycles. The summed E-state index contributed by atoms with van der Waals surface area (Å²) in [7, 11) is 0. The summed E-state index contributed by atoms with van der Waals surface area (Å²) in [4.78, 5) is 11.8. The van der Waals surface area contributed by atoms with Crippen molar-refractivity contribution >= 4 is 5.91 Å². The van der Waals surface area contributed by atoms with Gasteiger partial charge in [-0.25, -0.2) is 4.39 Å². The smallest absolute Gasteiger partial charge is 0.223 e. The van der Waals surface area contributed by atoms with E-state index in [9.17, 15) is 9.18 Å². The number of carbonyl (C=O) groups excluding carboxylic acids is 1. The zero-order chi connectivity index (χ0) is 15.5. The van der Waals surface area contributed by atoms with Crippen molar-refractivity contribution in [2.45, 2.75) is 19.9 Å². The van der Waals surface area contributed by atoms with Crippen LogP contribution in [0.5, 0.6) is 11.5 Å². The topological polar surface area (TPSA) is 38.3 Å². The molecule has 1 amide bonds. The molecule has 0 bridgehead atoms. The van der Waals surface area contributed by atoms with Crippen molar-refractivity contribution in [3.63, 3.8) is 0 Å². The van der Waals surface area contributed by atoms with Crippen molar-refractivity contribution in [3.8, 4) is 11.5 Å². The number of nitrogens with one attached hydrogen (secondary N) is 1. The maximum Gasteiger partial charge on any atom is 0.223 e. The van der Waals surface area contributed by atoms with Gasteiger partial charge in [0.25, 0.3) is 0 Å². The Labute approximate surface area is 129 Å². The standard InChI is InChI=1S/C18H18FNO2/c1-12-10-17(12)18(21)20-11-13-2-6-15(7-3-13)22-16-8-4-14(19)5-9-16/h2-9,12,17H,10-11H2,1H3,(H,20,21). The van der Waals surface area contributed by atoms with Crippen molar-refractivity contribution < 1.29 is 13.9 Å². The minimum absolute atomic E-state index is 0.138. The molecular weight excluding hydrogens is 281 g/mol. The van der Waals surface area contributed by atoms with Crippen LogP contribution in [0.25, 0.3) is 0 Å². The minimum Gasteiger partial charge on any atom is -0.457 e. The number of ether oxygens (including phenoxy) is 1. The van der Waals surface area contributed by atoms with Crippen LogP contribution in [0.15, 0.2) is 48.5 Å². The Morgan fingerprint density at radius 3 is 2.23 bits per heavy atom. The van der Waals surface area contributed by atoms with E-state index in [-0.39, 0.29) is 17.6 Å². The monoisotopic (exact) mass is 299 g/mol. The molecule has 114 valence electrons. The van der Waals surface area contributed by atoms with Gasteiger partial charge in [-0.05, 0) is 54.3 Å². The molecule has 1 aliphatic carbocycles. The number of hydrogen-bond acceptors (Lipinski definition) is 2. The van der Waals surface area contributed by atoms with Gasteiger partial charge in [0.1, 0.15) is 17.3 Å². The molecule has 1 saturated carbocycles. The van der Waals surface area contributed by atoms with Gasteiger partial charge in [0.05, 0.1) is 0 Å². The Morgan fingerprint density at radius 1 is 1.14 bits per heavy atom.